The number of carbonyl (C=O) groups is 1. The molecule has 0 aliphatic heterocycles. The van der Waals surface area contributed by atoms with Gasteiger partial charge in [0.05, 0.1) is 13.7 Å². The summed E-state index contributed by atoms with van der Waals surface area (Å²) in [6.07, 6.45) is 0. The largest absolute Gasteiger partial charge is 0.493 e. The summed E-state index contributed by atoms with van der Waals surface area (Å²) in [6.45, 7) is 6.68. The van der Waals surface area contributed by atoms with Crippen molar-refractivity contribution in [1.82, 2.24) is 5.32 Å². The molecule has 2 N–H and O–H groups in total. The number of benzene rings is 2. The number of anilines is 1. The summed E-state index contributed by atoms with van der Waals surface area (Å²) < 4.78 is 10.9. The number of aryl methyl sites for hydroxylation is 3. The quantitative estimate of drug-likeness (QED) is 0.793. The molecule has 2 amide bonds. The Morgan fingerprint density at radius 2 is 1.75 bits per heavy atom. The van der Waals surface area contributed by atoms with Crippen molar-refractivity contribution in [3.05, 3.63) is 53.1 Å². The Labute approximate surface area is 143 Å². The van der Waals surface area contributed by atoms with Crippen LogP contribution in [-0.2, 0) is 0 Å². The molecule has 0 fully saturated rings. The van der Waals surface area contributed by atoms with Crippen molar-refractivity contribution >= 4 is 11.7 Å². The average molecular weight is 328 g/mol. The van der Waals surface area contributed by atoms with E-state index in [0.717, 1.165) is 22.4 Å². The molecule has 128 valence electrons. The summed E-state index contributed by atoms with van der Waals surface area (Å²) in [4.78, 5) is 12.0. The summed E-state index contributed by atoms with van der Waals surface area (Å²) in [5.41, 5.74) is 4.01. The number of carbonyl (C=O) groups excluding carboxylic acids is 1. The topological polar surface area (TPSA) is 59.6 Å². The van der Waals surface area contributed by atoms with Crippen molar-refractivity contribution in [3.63, 3.8) is 0 Å². The van der Waals surface area contributed by atoms with Crippen molar-refractivity contribution < 1.29 is 14.3 Å². The molecule has 0 atom stereocenters. The Morgan fingerprint density at radius 1 is 1.04 bits per heavy atom. The third kappa shape index (κ3) is 4.65. The van der Waals surface area contributed by atoms with E-state index < -0.39 is 0 Å². The van der Waals surface area contributed by atoms with Gasteiger partial charge in [-0.15, -0.1) is 0 Å². The fraction of sp³-hybridized carbons (Fsp3) is 0.316. The molecule has 2 rings (SSSR count). The molecular formula is C19H24N2O3. The Bertz CT molecular complexity index is 694. The van der Waals surface area contributed by atoms with Gasteiger partial charge in [0.25, 0.3) is 0 Å². The molecular weight excluding hydrogens is 304 g/mol. The second kappa shape index (κ2) is 8.24. The highest BCUT2D eigenvalue weighted by Crippen LogP contribution is 2.27. The van der Waals surface area contributed by atoms with Gasteiger partial charge in [0, 0.05) is 5.69 Å². The lowest BCUT2D eigenvalue weighted by Gasteiger charge is -2.14. The highest BCUT2D eigenvalue weighted by molar-refractivity contribution is 5.90. The standard InChI is InChI=1S/C19H24N2O3/c1-13-8-9-16(17(12-13)23-4)24-11-10-20-19(22)21-18-14(2)6-5-7-15(18)3/h5-9,12H,10-11H2,1-4H3,(H2,20,21,22). The number of urea groups is 1. The van der Waals surface area contributed by atoms with Gasteiger partial charge in [-0.25, -0.2) is 4.79 Å². The van der Waals surface area contributed by atoms with Crippen molar-refractivity contribution in [2.75, 3.05) is 25.6 Å². The van der Waals surface area contributed by atoms with Crippen LogP contribution in [0.1, 0.15) is 16.7 Å². The van der Waals surface area contributed by atoms with Crippen LogP contribution < -0.4 is 20.1 Å². The molecule has 0 saturated heterocycles. The van der Waals surface area contributed by atoms with Crippen LogP contribution in [0.15, 0.2) is 36.4 Å². The van der Waals surface area contributed by atoms with Crippen LogP contribution >= 0.6 is 0 Å². The van der Waals surface area contributed by atoms with E-state index in [1.807, 2.05) is 57.2 Å². The van der Waals surface area contributed by atoms with E-state index in [1.54, 1.807) is 7.11 Å². The summed E-state index contributed by atoms with van der Waals surface area (Å²) in [5.74, 6) is 1.36. The van der Waals surface area contributed by atoms with E-state index in [-0.39, 0.29) is 6.03 Å². The van der Waals surface area contributed by atoms with Crippen molar-refractivity contribution in [3.8, 4) is 11.5 Å². The van der Waals surface area contributed by atoms with Gasteiger partial charge in [-0.2, -0.15) is 0 Å². The third-order valence-corrected chi connectivity index (χ3v) is 3.68. The first-order valence-electron chi connectivity index (χ1n) is 7.89. The van der Waals surface area contributed by atoms with Gasteiger partial charge >= 0.3 is 6.03 Å². The molecule has 0 radical (unpaired) electrons. The molecule has 0 heterocycles. The smallest absolute Gasteiger partial charge is 0.319 e. The van der Waals surface area contributed by atoms with E-state index in [0.29, 0.717) is 24.7 Å². The fourth-order valence-electron chi connectivity index (χ4n) is 2.39. The zero-order valence-electron chi connectivity index (χ0n) is 14.6. The number of para-hydroxylation sites is 1. The van der Waals surface area contributed by atoms with Crippen LogP contribution in [0.3, 0.4) is 0 Å². The molecule has 0 aliphatic rings. The molecule has 0 unspecified atom stereocenters. The van der Waals surface area contributed by atoms with Gasteiger partial charge in [0.1, 0.15) is 6.61 Å². The minimum absolute atomic E-state index is 0.244. The number of methoxy groups -OCH3 is 1. The van der Waals surface area contributed by atoms with Crippen LogP contribution in [0.2, 0.25) is 0 Å². The summed E-state index contributed by atoms with van der Waals surface area (Å²) in [6, 6.07) is 11.4. The van der Waals surface area contributed by atoms with E-state index in [9.17, 15) is 4.79 Å². The Morgan fingerprint density at radius 3 is 2.42 bits per heavy atom. The number of hydrogen-bond donors (Lipinski definition) is 2. The second-order valence-electron chi connectivity index (χ2n) is 5.65. The van der Waals surface area contributed by atoms with Gasteiger partial charge in [-0.3, -0.25) is 0 Å². The predicted octanol–water partition coefficient (Wildman–Crippen LogP) is 3.82. The molecule has 2 aromatic rings. The number of nitrogens with one attached hydrogen (secondary N) is 2. The maximum absolute atomic E-state index is 12.0. The van der Waals surface area contributed by atoms with E-state index in [2.05, 4.69) is 10.6 Å². The lowest BCUT2D eigenvalue weighted by Crippen LogP contribution is -2.32. The van der Waals surface area contributed by atoms with Gasteiger partial charge in [0.15, 0.2) is 11.5 Å². The van der Waals surface area contributed by atoms with E-state index in [1.165, 1.54) is 0 Å². The lowest BCUT2D eigenvalue weighted by molar-refractivity contribution is 0.246. The van der Waals surface area contributed by atoms with Crippen LogP contribution in [0.5, 0.6) is 11.5 Å². The number of amides is 2. The van der Waals surface area contributed by atoms with E-state index in [4.69, 9.17) is 9.47 Å². The van der Waals surface area contributed by atoms with Crippen molar-refractivity contribution in [1.29, 1.82) is 0 Å². The lowest BCUT2D eigenvalue weighted by atomic mass is 10.1. The fourth-order valence-corrected chi connectivity index (χ4v) is 2.39. The summed E-state index contributed by atoms with van der Waals surface area (Å²) >= 11 is 0. The maximum atomic E-state index is 12.0. The highest BCUT2D eigenvalue weighted by Gasteiger charge is 2.07. The van der Waals surface area contributed by atoms with Crippen LogP contribution in [0.4, 0.5) is 10.5 Å². The number of rotatable bonds is 6. The molecule has 0 aliphatic carbocycles. The van der Waals surface area contributed by atoms with E-state index >= 15 is 0 Å². The van der Waals surface area contributed by atoms with Crippen LogP contribution in [0, 0.1) is 20.8 Å². The molecule has 2 aromatic carbocycles. The highest BCUT2D eigenvalue weighted by atomic mass is 16.5. The predicted molar refractivity (Wildman–Crippen MR) is 96.2 cm³/mol. The van der Waals surface area contributed by atoms with Crippen LogP contribution in [-0.4, -0.2) is 26.3 Å². The normalized spacial score (nSPS) is 10.2. The molecule has 0 spiro atoms. The first kappa shape index (κ1) is 17.7. The van der Waals surface area contributed by atoms with Crippen LogP contribution in [0.25, 0.3) is 0 Å². The first-order chi connectivity index (χ1) is 11.5. The summed E-state index contributed by atoms with van der Waals surface area (Å²) in [7, 11) is 1.61. The number of ether oxygens (including phenoxy) is 2. The second-order valence-corrected chi connectivity index (χ2v) is 5.65. The third-order valence-electron chi connectivity index (χ3n) is 3.68. The minimum atomic E-state index is -0.244. The monoisotopic (exact) mass is 328 g/mol. The zero-order valence-corrected chi connectivity index (χ0v) is 14.6. The Kier molecular flexibility index (Phi) is 6.07. The molecule has 0 saturated carbocycles. The van der Waals surface area contributed by atoms with Gasteiger partial charge < -0.3 is 20.1 Å². The van der Waals surface area contributed by atoms with Crippen molar-refractivity contribution in [2.24, 2.45) is 0 Å². The van der Waals surface area contributed by atoms with Gasteiger partial charge in [0.2, 0.25) is 0 Å². The molecule has 5 nitrogen and oxygen atoms in total. The molecule has 0 aromatic heterocycles. The molecule has 0 bridgehead atoms. The SMILES string of the molecule is COc1cc(C)ccc1OCCNC(=O)Nc1c(C)cccc1C. The van der Waals surface area contributed by atoms with Crippen molar-refractivity contribution in [2.45, 2.75) is 20.8 Å². The minimum Gasteiger partial charge on any atom is -0.493 e. The maximum Gasteiger partial charge on any atom is 0.319 e. The average Bonchev–Trinajstić information content (AvgIpc) is 2.56. The Balaban J connectivity index is 1.81. The van der Waals surface area contributed by atoms with Gasteiger partial charge in [-0.05, 0) is 49.6 Å². The van der Waals surface area contributed by atoms with Gasteiger partial charge in [-0.1, -0.05) is 24.3 Å². The number of hydrogen-bond acceptors (Lipinski definition) is 3. The first-order valence-corrected chi connectivity index (χ1v) is 7.89. The molecule has 24 heavy (non-hydrogen) atoms. The Hall–Kier alpha value is -2.69. The summed E-state index contributed by atoms with van der Waals surface area (Å²) in [5, 5.41) is 5.67. The zero-order chi connectivity index (χ0) is 17.5. The molecule has 5 heteroatoms.